The summed E-state index contributed by atoms with van der Waals surface area (Å²) in [5, 5.41) is 18.2. The highest BCUT2D eigenvalue weighted by atomic mass is 16.3. The quantitative estimate of drug-likeness (QED) is 0.767. The first-order valence-electron chi connectivity index (χ1n) is 5.52. The fraction of sp³-hybridized carbons (Fsp3) is 0.357. The molecule has 1 aromatic rings. The van der Waals surface area contributed by atoms with Gasteiger partial charge in [-0.2, -0.15) is 5.26 Å². The second kappa shape index (κ2) is 6.81. The SMILES string of the molecule is C[C@@H](/C=C\C#N)[C@H](O)CCc1ccccc1. The van der Waals surface area contributed by atoms with Crippen LogP contribution in [0.2, 0.25) is 0 Å². The predicted molar refractivity (Wildman–Crippen MR) is 64.7 cm³/mol. The van der Waals surface area contributed by atoms with Crippen LogP contribution in [0, 0.1) is 17.2 Å². The molecule has 1 rings (SSSR count). The highest BCUT2D eigenvalue weighted by molar-refractivity contribution is 5.15. The maximum absolute atomic E-state index is 9.84. The van der Waals surface area contributed by atoms with Crippen molar-refractivity contribution in [3.05, 3.63) is 48.0 Å². The second-order valence-electron chi connectivity index (χ2n) is 3.94. The monoisotopic (exact) mass is 215 g/mol. The van der Waals surface area contributed by atoms with Crippen LogP contribution in [0.15, 0.2) is 42.5 Å². The molecule has 2 nitrogen and oxygen atoms in total. The van der Waals surface area contributed by atoms with Crippen molar-refractivity contribution in [2.45, 2.75) is 25.9 Å². The molecule has 0 heterocycles. The van der Waals surface area contributed by atoms with Crippen LogP contribution in [0.4, 0.5) is 0 Å². The number of aliphatic hydroxyl groups is 1. The Morgan fingerprint density at radius 2 is 2.06 bits per heavy atom. The van der Waals surface area contributed by atoms with Crippen molar-refractivity contribution < 1.29 is 5.11 Å². The van der Waals surface area contributed by atoms with Crippen molar-refractivity contribution >= 4 is 0 Å². The van der Waals surface area contributed by atoms with Gasteiger partial charge in [0.2, 0.25) is 0 Å². The first-order chi connectivity index (χ1) is 7.74. The Morgan fingerprint density at radius 3 is 2.69 bits per heavy atom. The molecule has 1 aromatic carbocycles. The van der Waals surface area contributed by atoms with Gasteiger partial charge in [0.1, 0.15) is 0 Å². The van der Waals surface area contributed by atoms with E-state index >= 15 is 0 Å². The Hall–Kier alpha value is -1.59. The van der Waals surface area contributed by atoms with Crippen LogP contribution in [0.3, 0.4) is 0 Å². The maximum atomic E-state index is 9.84. The molecule has 0 aliphatic rings. The smallest absolute Gasteiger partial charge is 0.0908 e. The molecular formula is C14H17NO. The summed E-state index contributed by atoms with van der Waals surface area (Å²) in [7, 11) is 0. The van der Waals surface area contributed by atoms with Gasteiger partial charge in [0.05, 0.1) is 12.2 Å². The lowest BCUT2D eigenvalue weighted by Gasteiger charge is -2.14. The fourth-order valence-electron chi connectivity index (χ4n) is 1.55. The number of hydrogen-bond acceptors (Lipinski definition) is 2. The van der Waals surface area contributed by atoms with Gasteiger partial charge in [0, 0.05) is 12.0 Å². The first kappa shape index (κ1) is 12.5. The van der Waals surface area contributed by atoms with E-state index in [4.69, 9.17) is 5.26 Å². The first-order valence-corrected chi connectivity index (χ1v) is 5.52. The normalized spacial score (nSPS) is 14.6. The Kier molecular flexibility index (Phi) is 5.31. The zero-order chi connectivity index (χ0) is 11.8. The third-order valence-electron chi connectivity index (χ3n) is 2.65. The zero-order valence-corrected chi connectivity index (χ0v) is 9.50. The Morgan fingerprint density at radius 1 is 1.38 bits per heavy atom. The second-order valence-corrected chi connectivity index (χ2v) is 3.94. The van der Waals surface area contributed by atoms with Gasteiger partial charge in [-0.1, -0.05) is 43.3 Å². The largest absolute Gasteiger partial charge is 0.393 e. The molecule has 0 saturated heterocycles. The van der Waals surface area contributed by atoms with Gasteiger partial charge in [0.25, 0.3) is 0 Å². The minimum atomic E-state index is -0.384. The molecule has 16 heavy (non-hydrogen) atoms. The predicted octanol–water partition coefficient (Wildman–Crippen LogP) is 2.70. The molecule has 0 unspecified atom stereocenters. The number of aryl methyl sites for hydroxylation is 1. The molecule has 1 N–H and O–H groups in total. The fourth-order valence-corrected chi connectivity index (χ4v) is 1.55. The molecule has 0 aliphatic heterocycles. The Labute approximate surface area is 96.8 Å². The summed E-state index contributed by atoms with van der Waals surface area (Å²) in [6.45, 7) is 1.92. The van der Waals surface area contributed by atoms with Crippen molar-refractivity contribution in [1.82, 2.24) is 0 Å². The highest BCUT2D eigenvalue weighted by Gasteiger charge is 2.10. The third-order valence-corrected chi connectivity index (χ3v) is 2.65. The topological polar surface area (TPSA) is 44.0 Å². The summed E-state index contributed by atoms with van der Waals surface area (Å²) < 4.78 is 0. The van der Waals surface area contributed by atoms with Crippen LogP contribution in [0.5, 0.6) is 0 Å². The summed E-state index contributed by atoms with van der Waals surface area (Å²) in [5.74, 6) is 0.0309. The van der Waals surface area contributed by atoms with Crippen molar-refractivity contribution in [3.63, 3.8) is 0 Å². The summed E-state index contributed by atoms with van der Waals surface area (Å²) in [4.78, 5) is 0. The van der Waals surface area contributed by atoms with Gasteiger partial charge in [-0.25, -0.2) is 0 Å². The number of allylic oxidation sites excluding steroid dienone is 1. The highest BCUT2D eigenvalue weighted by Crippen LogP contribution is 2.12. The Bertz CT molecular complexity index is 364. The van der Waals surface area contributed by atoms with Gasteiger partial charge >= 0.3 is 0 Å². The van der Waals surface area contributed by atoms with E-state index in [2.05, 4.69) is 12.1 Å². The molecule has 0 aliphatic carbocycles. The molecule has 84 valence electrons. The molecule has 0 saturated carbocycles. The minimum absolute atomic E-state index is 0.0309. The van der Waals surface area contributed by atoms with Crippen LogP contribution < -0.4 is 0 Å². The van der Waals surface area contributed by atoms with Crippen molar-refractivity contribution in [2.24, 2.45) is 5.92 Å². The van der Waals surface area contributed by atoms with Crippen LogP contribution in [-0.2, 0) is 6.42 Å². The number of hydrogen-bond donors (Lipinski definition) is 1. The summed E-state index contributed by atoms with van der Waals surface area (Å²) in [6.07, 6.45) is 4.38. The van der Waals surface area contributed by atoms with E-state index in [1.54, 1.807) is 6.08 Å². The standard InChI is InChI=1S/C14H17NO/c1-12(6-5-11-15)14(16)10-9-13-7-3-2-4-8-13/h2-8,12,14,16H,9-10H2,1H3/b6-5-/t12-,14+/m0/s1. The molecule has 2 atom stereocenters. The number of rotatable bonds is 5. The molecule has 0 radical (unpaired) electrons. The minimum Gasteiger partial charge on any atom is -0.393 e. The summed E-state index contributed by atoms with van der Waals surface area (Å²) in [5.41, 5.74) is 1.23. The summed E-state index contributed by atoms with van der Waals surface area (Å²) >= 11 is 0. The molecule has 0 aromatic heterocycles. The van der Waals surface area contributed by atoms with Crippen LogP contribution in [0.25, 0.3) is 0 Å². The number of nitriles is 1. The summed E-state index contributed by atoms with van der Waals surface area (Å²) in [6, 6.07) is 12.0. The average molecular weight is 215 g/mol. The van der Waals surface area contributed by atoms with Crippen molar-refractivity contribution in [2.75, 3.05) is 0 Å². The van der Waals surface area contributed by atoms with E-state index in [0.717, 1.165) is 12.8 Å². The maximum Gasteiger partial charge on any atom is 0.0908 e. The lowest BCUT2D eigenvalue weighted by Crippen LogP contribution is -2.16. The average Bonchev–Trinajstić information content (AvgIpc) is 2.34. The van der Waals surface area contributed by atoms with Crippen LogP contribution in [0.1, 0.15) is 18.9 Å². The molecule has 0 amide bonds. The number of aliphatic hydroxyl groups excluding tert-OH is 1. The van der Waals surface area contributed by atoms with Crippen molar-refractivity contribution in [3.8, 4) is 6.07 Å². The lowest BCUT2D eigenvalue weighted by atomic mass is 9.97. The van der Waals surface area contributed by atoms with E-state index in [9.17, 15) is 5.11 Å². The van der Waals surface area contributed by atoms with E-state index in [-0.39, 0.29) is 12.0 Å². The van der Waals surface area contributed by atoms with Gasteiger partial charge in [-0.05, 0) is 18.4 Å². The van der Waals surface area contributed by atoms with E-state index in [0.29, 0.717) is 0 Å². The van der Waals surface area contributed by atoms with Crippen molar-refractivity contribution in [1.29, 1.82) is 5.26 Å². The number of nitrogens with zero attached hydrogens (tertiary/aromatic N) is 1. The van der Waals surface area contributed by atoms with E-state index < -0.39 is 0 Å². The Balaban J connectivity index is 2.38. The van der Waals surface area contributed by atoms with E-state index in [1.807, 2.05) is 31.2 Å². The van der Waals surface area contributed by atoms with Crippen LogP contribution >= 0.6 is 0 Å². The molecular weight excluding hydrogens is 198 g/mol. The molecule has 0 spiro atoms. The zero-order valence-electron chi connectivity index (χ0n) is 9.50. The van der Waals surface area contributed by atoms with Gasteiger partial charge < -0.3 is 5.11 Å². The van der Waals surface area contributed by atoms with Gasteiger partial charge in [-0.15, -0.1) is 0 Å². The van der Waals surface area contributed by atoms with Gasteiger partial charge in [-0.3, -0.25) is 0 Å². The molecule has 0 bridgehead atoms. The molecule has 0 fully saturated rings. The third kappa shape index (κ3) is 4.29. The lowest BCUT2D eigenvalue weighted by molar-refractivity contribution is 0.128. The van der Waals surface area contributed by atoms with Gasteiger partial charge in [0.15, 0.2) is 0 Å². The molecule has 2 heteroatoms. The number of benzene rings is 1. The van der Waals surface area contributed by atoms with E-state index in [1.165, 1.54) is 11.6 Å². The van der Waals surface area contributed by atoms with Crippen LogP contribution in [-0.4, -0.2) is 11.2 Å².